The maximum Gasteiger partial charge on any atom is -0.147 e. The molecule has 0 saturated carbocycles. The summed E-state index contributed by atoms with van der Waals surface area (Å²) in [6.45, 7) is 4.97. The number of carbonyl (C=O) groups excluding carboxylic acids is 2. The second-order valence-electron chi connectivity index (χ2n) is 4.30. The van der Waals surface area contributed by atoms with Crippen molar-refractivity contribution in [2.45, 2.75) is 28.2 Å². The molecule has 0 radical (unpaired) electrons. The van der Waals surface area contributed by atoms with Gasteiger partial charge in [-0.2, -0.15) is 0 Å². The van der Waals surface area contributed by atoms with Crippen molar-refractivity contribution in [3.8, 4) is 0 Å². The molecule has 22 heavy (non-hydrogen) atoms. The minimum absolute atomic E-state index is 0. The molecule has 1 saturated heterocycles. The molecule has 1 rings (SSSR count). The summed E-state index contributed by atoms with van der Waals surface area (Å²) >= 11 is 17.0. The minimum atomic E-state index is -1.70. The van der Waals surface area contributed by atoms with Gasteiger partial charge in [-0.15, -0.1) is 24.8 Å². The Bertz CT molecular complexity index is 437. The standard InChI is InChI=1S/C10H13Cl3N2O3S.2ClH.Hg/c1-4(2)6(9(17)18-3-10(11,12)13)15-7(16)5(14)8(15)19;;;/h5-6,8,19H,1,3,14H2,2H3;2*1H;/q;;;+1/p-1. The van der Waals surface area contributed by atoms with Crippen LogP contribution in [0, 0.1) is 0 Å². The van der Waals surface area contributed by atoms with E-state index in [2.05, 4.69) is 6.58 Å². The van der Waals surface area contributed by atoms with Crippen molar-refractivity contribution in [3.05, 3.63) is 12.2 Å². The van der Waals surface area contributed by atoms with E-state index in [9.17, 15) is 9.59 Å². The van der Waals surface area contributed by atoms with E-state index in [4.69, 9.17) is 45.3 Å². The number of β-lactam (4-membered cyclic amide) rings is 1. The van der Waals surface area contributed by atoms with Crippen molar-refractivity contribution in [1.82, 2.24) is 4.90 Å². The van der Waals surface area contributed by atoms with Gasteiger partial charge in [0.05, 0.1) is 0 Å². The number of nitrogens with two attached hydrogens (primary N) is 1. The Balaban J connectivity index is 0. The second kappa shape index (κ2) is 10.4. The fourth-order valence-electron chi connectivity index (χ4n) is 1.75. The van der Waals surface area contributed by atoms with Gasteiger partial charge in [0.25, 0.3) is 0 Å². The van der Waals surface area contributed by atoms with E-state index >= 15 is 0 Å². The SMILES string of the molecule is C=C(C)C(C(=O)OCC(Cl)(Cl)Cl)N1C(=O)C(N)C1[S][Hg].Cl.Cl. The summed E-state index contributed by atoms with van der Waals surface area (Å²) in [5.74, 6) is -0.969. The zero-order chi connectivity index (χ0) is 15.7. The molecule has 125 valence electrons. The van der Waals surface area contributed by atoms with Crippen LogP contribution in [0.25, 0.3) is 0 Å². The van der Waals surface area contributed by atoms with Gasteiger partial charge in [-0.3, -0.25) is 0 Å². The number of hydrogen-bond acceptors (Lipinski definition) is 5. The quantitative estimate of drug-likeness (QED) is 0.168. The van der Waals surface area contributed by atoms with Gasteiger partial charge in [0.1, 0.15) is 0 Å². The van der Waals surface area contributed by atoms with Crippen LogP contribution in [-0.2, 0) is 38.9 Å². The molecule has 0 aromatic carbocycles. The zero-order valence-corrected chi connectivity index (χ0v) is 21.7. The van der Waals surface area contributed by atoms with Gasteiger partial charge >= 0.3 is 151 Å². The smallest absolute Gasteiger partial charge is 0.147 e. The first-order valence-corrected chi connectivity index (χ1v) is 14.4. The van der Waals surface area contributed by atoms with Crippen molar-refractivity contribution < 1.29 is 38.9 Å². The molecule has 2 N–H and O–H groups in total. The molecule has 5 nitrogen and oxygen atoms in total. The van der Waals surface area contributed by atoms with Crippen LogP contribution >= 0.6 is 67.9 Å². The first-order valence-electron chi connectivity index (χ1n) is 5.47. The van der Waals surface area contributed by atoms with E-state index in [1.165, 1.54) is 4.90 Å². The van der Waals surface area contributed by atoms with Gasteiger partial charge in [0.2, 0.25) is 0 Å². The van der Waals surface area contributed by atoms with E-state index in [0.717, 1.165) is 0 Å². The first-order chi connectivity index (χ1) is 9.10. The predicted molar refractivity (Wildman–Crippen MR) is 90.5 cm³/mol. The summed E-state index contributed by atoms with van der Waals surface area (Å²) in [6, 6.07) is -1.48. The molecule has 0 aromatic rings. The van der Waals surface area contributed by atoms with Crippen molar-refractivity contribution in [3.63, 3.8) is 0 Å². The Morgan fingerprint density at radius 1 is 1.55 bits per heavy atom. The molecule has 1 fully saturated rings. The molecule has 3 unspecified atom stereocenters. The molecule has 3 atom stereocenters. The van der Waals surface area contributed by atoms with Gasteiger partial charge in [0, 0.05) is 0 Å². The van der Waals surface area contributed by atoms with Crippen LogP contribution < -0.4 is 5.73 Å². The summed E-state index contributed by atoms with van der Waals surface area (Å²) in [6.07, 6.45) is 0. The number of hydrogen-bond donors (Lipinski definition) is 1. The normalized spacial score (nSPS) is 22.0. The third kappa shape index (κ3) is 6.35. The summed E-state index contributed by atoms with van der Waals surface area (Å²) in [5.41, 5.74) is 6.20. The Morgan fingerprint density at radius 3 is 2.41 bits per heavy atom. The molecule has 0 spiro atoms. The second-order valence-corrected chi connectivity index (χ2v) is 11.5. The Hall–Kier alpha value is 1.38. The monoisotopic (exact) mass is 619 g/mol. The fourth-order valence-corrected chi connectivity index (χ4v) is 6.92. The number of nitrogens with zero attached hydrogens (tertiary/aromatic N) is 1. The third-order valence-corrected chi connectivity index (χ3v) is 7.81. The summed E-state index contributed by atoms with van der Waals surface area (Å²) in [5, 5.41) is -0.215. The summed E-state index contributed by atoms with van der Waals surface area (Å²) < 4.78 is 3.24. The Morgan fingerprint density at radius 2 is 2.05 bits per heavy atom. The molecule has 12 heteroatoms. The minimum Gasteiger partial charge on any atom is -0.147 e. The molecule has 1 heterocycles. The molecule has 0 aliphatic carbocycles. The van der Waals surface area contributed by atoms with Crippen molar-refractivity contribution in [2.75, 3.05) is 6.61 Å². The van der Waals surface area contributed by atoms with E-state index in [-0.39, 0.29) is 36.1 Å². The molecule has 0 bridgehead atoms. The van der Waals surface area contributed by atoms with E-state index in [1.807, 2.05) is 0 Å². The Kier molecular flexibility index (Phi) is 12.1. The number of amides is 1. The topological polar surface area (TPSA) is 72.6 Å². The number of carbonyl (C=O) groups is 2. The molecule has 1 aliphatic heterocycles. The molecular formula is C10H14Cl5HgN2O3S. The zero-order valence-electron chi connectivity index (χ0n) is 11.5. The van der Waals surface area contributed by atoms with Crippen molar-refractivity contribution >= 4 is 79.7 Å². The number of likely N-dealkylation sites (tertiary alicyclic amines) is 1. The number of halogens is 5. The maximum absolute atomic E-state index is 12.1. The molecular weight excluding hydrogens is 606 g/mol. The van der Waals surface area contributed by atoms with Crippen LogP contribution in [0.3, 0.4) is 0 Å². The van der Waals surface area contributed by atoms with E-state index in [1.54, 1.807) is 15.2 Å². The third-order valence-electron chi connectivity index (χ3n) is 2.64. The van der Waals surface area contributed by atoms with Crippen LogP contribution in [-0.4, -0.2) is 44.6 Å². The van der Waals surface area contributed by atoms with Crippen LogP contribution in [0.15, 0.2) is 12.2 Å². The molecule has 1 aliphatic rings. The maximum atomic E-state index is 12.1. The van der Waals surface area contributed by atoms with Gasteiger partial charge in [0.15, 0.2) is 0 Å². The van der Waals surface area contributed by atoms with Gasteiger partial charge in [-0.25, -0.2) is 0 Å². The van der Waals surface area contributed by atoms with Crippen LogP contribution in [0.4, 0.5) is 0 Å². The summed E-state index contributed by atoms with van der Waals surface area (Å²) in [4.78, 5) is 25.4. The summed E-state index contributed by atoms with van der Waals surface area (Å²) in [7, 11) is 1.57. The Labute approximate surface area is 174 Å². The van der Waals surface area contributed by atoms with Crippen LogP contribution in [0.5, 0.6) is 0 Å². The van der Waals surface area contributed by atoms with Crippen LogP contribution in [0.1, 0.15) is 6.92 Å². The first kappa shape index (κ1) is 25.6. The van der Waals surface area contributed by atoms with Crippen molar-refractivity contribution in [1.29, 1.82) is 0 Å². The fraction of sp³-hybridized carbons (Fsp3) is 0.600. The van der Waals surface area contributed by atoms with E-state index < -0.39 is 28.5 Å². The number of alkyl halides is 3. The van der Waals surface area contributed by atoms with Crippen molar-refractivity contribution in [2.24, 2.45) is 5.73 Å². The van der Waals surface area contributed by atoms with Gasteiger partial charge in [-0.05, 0) is 0 Å². The predicted octanol–water partition coefficient (Wildman–Crippen LogP) is 2.38. The number of esters is 1. The molecule has 0 aromatic heterocycles. The number of rotatable bonds is 5. The average Bonchev–Trinajstić information content (AvgIpc) is 2.34. The van der Waals surface area contributed by atoms with Gasteiger partial charge < -0.3 is 0 Å². The average molecular weight is 620 g/mol. The van der Waals surface area contributed by atoms with E-state index in [0.29, 0.717) is 30.2 Å². The largest absolute Gasteiger partial charge is 0.147 e. The van der Waals surface area contributed by atoms with Crippen LogP contribution in [0.2, 0.25) is 0 Å². The van der Waals surface area contributed by atoms with Gasteiger partial charge in [-0.1, -0.05) is 0 Å². The molecule has 1 amide bonds. The number of ether oxygens (including phenoxy) is 1.